The van der Waals surface area contributed by atoms with E-state index < -0.39 is 0 Å². The molecular weight excluding hydrogens is 402 g/mol. The van der Waals surface area contributed by atoms with Gasteiger partial charge in [0.25, 0.3) is 5.56 Å². The van der Waals surface area contributed by atoms with Crippen LogP contribution in [0.2, 0.25) is 0 Å². The zero-order chi connectivity index (χ0) is 21.9. The Bertz CT molecular complexity index is 1270. The molecule has 1 saturated heterocycles. The van der Waals surface area contributed by atoms with Gasteiger partial charge in [-0.25, -0.2) is 0 Å². The van der Waals surface area contributed by atoms with Crippen LogP contribution >= 0.6 is 0 Å². The van der Waals surface area contributed by atoms with Gasteiger partial charge in [-0.1, -0.05) is 18.2 Å². The van der Waals surface area contributed by atoms with E-state index in [4.69, 9.17) is 9.47 Å². The van der Waals surface area contributed by atoms with Gasteiger partial charge in [0.1, 0.15) is 22.8 Å². The highest BCUT2D eigenvalue weighted by Gasteiger charge is 2.15. The molecule has 0 amide bonds. The predicted octanol–water partition coefficient (Wildman–Crippen LogP) is 4.70. The molecule has 0 bridgehead atoms. The Morgan fingerprint density at radius 2 is 1.72 bits per heavy atom. The first-order valence-corrected chi connectivity index (χ1v) is 11.1. The van der Waals surface area contributed by atoms with Crippen molar-refractivity contribution in [1.29, 1.82) is 0 Å². The lowest BCUT2D eigenvalue weighted by molar-refractivity contribution is 0.215. The van der Waals surface area contributed by atoms with Crippen LogP contribution in [0.25, 0.3) is 22.0 Å². The van der Waals surface area contributed by atoms with E-state index in [1.807, 2.05) is 60.8 Å². The average molecular weight is 430 g/mol. The summed E-state index contributed by atoms with van der Waals surface area (Å²) in [7, 11) is 1.76. The summed E-state index contributed by atoms with van der Waals surface area (Å²) in [6.07, 6.45) is 5.98. The van der Waals surface area contributed by atoms with E-state index in [1.54, 1.807) is 17.8 Å². The van der Waals surface area contributed by atoms with Gasteiger partial charge >= 0.3 is 0 Å². The summed E-state index contributed by atoms with van der Waals surface area (Å²) in [6.45, 7) is 2.90. The number of piperidine rings is 1. The lowest BCUT2D eigenvalue weighted by atomic mass is 9.99. The van der Waals surface area contributed by atoms with Gasteiger partial charge < -0.3 is 24.3 Å². The van der Waals surface area contributed by atoms with E-state index in [0.717, 1.165) is 66.3 Å². The molecule has 5 rings (SSSR count). The molecule has 0 aliphatic carbocycles. The monoisotopic (exact) mass is 429 g/mol. The summed E-state index contributed by atoms with van der Waals surface area (Å²) in [5.41, 5.74) is 2.42. The Hall–Kier alpha value is -3.51. The van der Waals surface area contributed by atoms with Crippen LogP contribution in [0.4, 0.5) is 0 Å². The van der Waals surface area contributed by atoms with Crippen LogP contribution in [0.3, 0.4) is 0 Å². The van der Waals surface area contributed by atoms with E-state index >= 15 is 0 Å². The summed E-state index contributed by atoms with van der Waals surface area (Å²) < 4.78 is 13.8. The Balaban J connectivity index is 1.37. The molecule has 1 fully saturated rings. The van der Waals surface area contributed by atoms with E-state index in [9.17, 15) is 4.79 Å². The van der Waals surface area contributed by atoms with Crippen molar-refractivity contribution in [2.75, 3.05) is 19.7 Å². The fourth-order valence-corrected chi connectivity index (χ4v) is 4.26. The van der Waals surface area contributed by atoms with E-state index in [1.165, 1.54) is 0 Å². The molecule has 0 saturated carbocycles. The molecule has 2 N–H and O–H groups in total. The minimum Gasteiger partial charge on any atom is -0.493 e. The molecule has 0 spiro atoms. The number of nitrogens with zero attached hydrogens (tertiary/aromatic N) is 1. The largest absolute Gasteiger partial charge is 0.493 e. The van der Waals surface area contributed by atoms with E-state index in [-0.39, 0.29) is 5.56 Å². The van der Waals surface area contributed by atoms with Gasteiger partial charge in [-0.15, -0.1) is 0 Å². The van der Waals surface area contributed by atoms with Gasteiger partial charge in [-0.3, -0.25) is 4.79 Å². The van der Waals surface area contributed by atoms with Crippen molar-refractivity contribution in [1.82, 2.24) is 14.9 Å². The van der Waals surface area contributed by atoms with Crippen molar-refractivity contribution in [3.8, 4) is 28.4 Å². The molecule has 1 aliphatic rings. The fourth-order valence-electron chi connectivity index (χ4n) is 4.26. The minimum absolute atomic E-state index is 0.0489. The second-order valence-corrected chi connectivity index (χ2v) is 8.30. The Morgan fingerprint density at radius 3 is 2.53 bits per heavy atom. The molecular formula is C26H27N3O3. The maximum atomic E-state index is 12.4. The molecule has 3 heterocycles. The number of aromatic amines is 1. The number of hydrogen-bond donors (Lipinski definition) is 2. The van der Waals surface area contributed by atoms with Crippen LogP contribution in [-0.2, 0) is 7.05 Å². The first-order chi connectivity index (χ1) is 15.7. The lowest BCUT2D eigenvalue weighted by Gasteiger charge is -2.22. The van der Waals surface area contributed by atoms with Gasteiger partial charge in [0.05, 0.1) is 6.61 Å². The number of H-pyrrole nitrogens is 1. The third kappa shape index (κ3) is 4.14. The average Bonchev–Trinajstić information content (AvgIpc) is 3.33. The molecule has 1 aliphatic heterocycles. The molecule has 6 heteroatoms. The van der Waals surface area contributed by atoms with E-state index in [2.05, 4.69) is 10.3 Å². The quantitative estimate of drug-likeness (QED) is 0.466. The number of hydrogen-bond acceptors (Lipinski definition) is 4. The lowest BCUT2D eigenvalue weighted by Crippen LogP contribution is -2.30. The molecule has 0 unspecified atom stereocenters. The standard InChI is InChI=1S/C26H27N3O3/c1-29-16-23(22-12-15-28-25(22)26(29)30)21-4-2-3-5-24(21)32-20-8-6-19(7-9-20)31-17-18-10-13-27-14-11-18/h2-9,12,15-16,18,27-28H,10-11,13-14,17H2,1H3. The number of nitrogens with one attached hydrogen (secondary N) is 2. The van der Waals surface area contributed by atoms with Crippen LogP contribution in [0, 0.1) is 5.92 Å². The highest BCUT2D eigenvalue weighted by atomic mass is 16.5. The van der Waals surface area contributed by atoms with E-state index in [0.29, 0.717) is 11.4 Å². The normalized spacial score (nSPS) is 14.5. The minimum atomic E-state index is -0.0489. The zero-order valence-electron chi connectivity index (χ0n) is 18.1. The summed E-state index contributed by atoms with van der Waals surface area (Å²) in [4.78, 5) is 15.5. The summed E-state index contributed by atoms with van der Waals surface area (Å²) in [5, 5.41) is 4.26. The van der Waals surface area contributed by atoms with Gasteiger partial charge in [0.15, 0.2) is 0 Å². The van der Waals surface area contributed by atoms with Crippen LogP contribution in [0.5, 0.6) is 17.2 Å². The zero-order valence-corrected chi connectivity index (χ0v) is 18.1. The first kappa shape index (κ1) is 20.4. The molecule has 32 heavy (non-hydrogen) atoms. The summed E-state index contributed by atoms with van der Waals surface area (Å²) in [5.74, 6) is 2.95. The molecule has 0 radical (unpaired) electrons. The Labute approximate surface area is 186 Å². The number of aryl methyl sites for hydroxylation is 1. The second-order valence-electron chi connectivity index (χ2n) is 8.30. The SMILES string of the molecule is Cn1cc(-c2ccccc2Oc2ccc(OCC3CCNCC3)cc2)c2cc[nH]c2c1=O. The predicted molar refractivity (Wildman–Crippen MR) is 127 cm³/mol. The van der Waals surface area contributed by atoms with Gasteiger partial charge in [-0.05, 0) is 68.2 Å². The molecule has 6 nitrogen and oxygen atoms in total. The number of aromatic nitrogens is 2. The van der Waals surface area contributed by atoms with Crippen LogP contribution in [-0.4, -0.2) is 29.2 Å². The highest BCUT2D eigenvalue weighted by Crippen LogP contribution is 2.36. The van der Waals surface area contributed by atoms with Crippen molar-refractivity contribution >= 4 is 10.9 Å². The number of rotatable bonds is 6. The van der Waals surface area contributed by atoms with Crippen molar-refractivity contribution in [2.45, 2.75) is 12.8 Å². The Morgan fingerprint density at radius 1 is 0.969 bits per heavy atom. The third-order valence-corrected chi connectivity index (χ3v) is 6.07. The van der Waals surface area contributed by atoms with Crippen molar-refractivity contribution < 1.29 is 9.47 Å². The Kier molecular flexibility index (Phi) is 5.69. The number of fused-ring (bicyclic) bond motifs is 1. The molecule has 164 valence electrons. The molecule has 4 aromatic rings. The van der Waals surface area contributed by atoms with Crippen LogP contribution in [0.1, 0.15) is 12.8 Å². The van der Waals surface area contributed by atoms with Gasteiger partial charge in [0, 0.05) is 36.0 Å². The fraction of sp³-hybridized carbons (Fsp3) is 0.269. The molecule has 2 aromatic carbocycles. The smallest absolute Gasteiger partial charge is 0.274 e. The first-order valence-electron chi connectivity index (χ1n) is 11.1. The number of benzene rings is 2. The summed E-state index contributed by atoms with van der Waals surface area (Å²) >= 11 is 0. The molecule has 0 atom stereocenters. The number of para-hydroxylation sites is 1. The third-order valence-electron chi connectivity index (χ3n) is 6.07. The van der Waals surface area contributed by atoms with Crippen molar-refractivity contribution in [2.24, 2.45) is 13.0 Å². The van der Waals surface area contributed by atoms with Gasteiger partial charge in [0.2, 0.25) is 0 Å². The highest BCUT2D eigenvalue weighted by molar-refractivity contribution is 5.95. The van der Waals surface area contributed by atoms with Crippen molar-refractivity contribution in [3.63, 3.8) is 0 Å². The maximum Gasteiger partial charge on any atom is 0.274 e. The second kappa shape index (κ2) is 8.93. The van der Waals surface area contributed by atoms with Crippen LogP contribution in [0.15, 0.2) is 71.8 Å². The summed E-state index contributed by atoms with van der Waals surface area (Å²) in [6, 6.07) is 17.6. The number of pyridine rings is 1. The molecule has 2 aromatic heterocycles. The topological polar surface area (TPSA) is 68.3 Å². The maximum absolute atomic E-state index is 12.4. The van der Waals surface area contributed by atoms with Crippen LogP contribution < -0.4 is 20.3 Å². The van der Waals surface area contributed by atoms with Gasteiger partial charge in [-0.2, -0.15) is 0 Å². The number of ether oxygens (including phenoxy) is 2. The van der Waals surface area contributed by atoms with Crippen molar-refractivity contribution in [3.05, 3.63) is 77.3 Å².